The van der Waals surface area contributed by atoms with Gasteiger partial charge >= 0.3 is 0 Å². The van der Waals surface area contributed by atoms with Crippen molar-refractivity contribution in [2.75, 3.05) is 18.0 Å². The number of aryl methyl sites for hydroxylation is 1. The fourth-order valence-corrected chi connectivity index (χ4v) is 3.32. The molecule has 0 spiro atoms. The van der Waals surface area contributed by atoms with Crippen LogP contribution in [0.3, 0.4) is 0 Å². The van der Waals surface area contributed by atoms with Crippen molar-refractivity contribution in [3.8, 4) is 16.9 Å². The Balaban J connectivity index is 1.72. The van der Waals surface area contributed by atoms with E-state index in [-0.39, 0.29) is 16.3 Å². The van der Waals surface area contributed by atoms with Crippen LogP contribution in [0.1, 0.15) is 18.5 Å². The molecule has 0 aliphatic carbocycles. The molecule has 0 saturated carbocycles. The Hall–Kier alpha value is -2.67. The topological polar surface area (TPSA) is 66.8 Å². The van der Waals surface area contributed by atoms with Crippen LogP contribution in [0.5, 0.6) is 0 Å². The highest BCUT2D eigenvalue weighted by Gasteiger charge is 2.18. The summed E-state index contributed by atoms with van der Waals surface area (Å²) in [7, 11) is 0. The van der Waals surface area contributed by atoms with Crippen LogP contribution in [0.25, 0.3) is 16.9 Å². The van der Waals surface area contributed by atoms with E-state index in [1.54, 1.807) is 6.20 Å². The summed E-state index contributed by atoms with van der Waals surface area (Å²) in [5.74, 6) is 0.125. The van der Waals surface area contributed by atoms with Crippen molar-refractivity contribution >= 4 is 17.5 Å². The lowest BCUT2D eigenvalue weighted by Crippen LogP contribution is -2.20. The van der Waals surface area contributed by atoms with Gasteiger partial charge in [-0.25, -0.2) is 19.0 Å². The highest BCUT2D eigenvalue weighted by Crippen LogP contribution is 2.23. The maximum absolute atomic E-state index is 14.1. The summed E-state index contributed by atoms with van der Waals surface area (Å²) in [6.45, 7) is 3.79. The minimum Gasteiger partial charge on any atom is -0.341 e. The number of nitrogens with one attached hydrogen (secondary N) is 1. The Kier molecular flexibility index (Phi) is 4.24. The normalized spacial score (nSPS) is 14.2. The molecule has 0 unspecified atom stereocenters. The molecule has 134 valence electrons. The fourth-order valence-electron chi connectivity index (χ4n) is 3.16. The van der Waals surface area contributed by atoms with Crippen molar-refractivity contribution < 1.29 is 4.39 Å². The van der Waals surface area contributed by atoms with Crippen LogP contribution in [0.4, 0.5) is 10.3 Å². The van der Waals surface area contributed by atoms with E-state index in [1.165, 1.54) is 24.3 Å². The van der Waals surface area contributed by atoms with Gasteiger partial charge in [-0.2, -0.15) is 0 Å². The molecule has 8 heteroatoms. The second-order valence-electron chi connectivity index (χ2n) is 6.30. The number of benzene rings is 1. The van der Waals surface area contributed by atoms with Crippen molar-refractivity contribution in [3.63, 3.8) is 0 Å². The van der Waals surface area contributed by atoms with E-state index >= 15 is 0 Å². The van der Waals surface area contributed by atoms with E-state index in [2.05, 4.69) is 20.0 Å². The number of hydrogen-bond donors (Lipinski definition) is 1. The lowest BCUT2D eigenvalue weighted by molar-refractivity contribution is 0.608. The van der Waals surface area contributed by atoms with Crippen LogP contribution in [0.15, 0.2) is 35.3 Å². The zero-order valence-corrected chi connectivity index (χ0v) is 14.9. The summed E-state index contributed by atoms with van der Waals surface area (Å²) < 4.78 is 15.3. The van der Waals surface area contributed by atoms with Crippen LogP contribution in [0, 0.1) is 12.7 Å². The van der Waals surface area contributed by atoms with Gasteiger partial charge in [0.15, 0.2) is 0 Å². The number of aromatic amines is 1. The third-order valence-corrected chi connectivity index (χ3v) is 4.75. The maximum atomic E-state index is 14.1. The second-order valence-corrected chi connectivity index (χ2v) is 6.74. The van der Waals surface area contributed by atoms with Gasteiger partial charge in [0.2, 0.25) is 5.95 Å². The average Bonchev–Trinajstić information content (AvgIpc) is 3.25. The molecule has 2 aromatic heterocycles. The largest absolute Gasteiger partial charge is 0.341 e. The van der Waals surface area contributed by atoms with Crippen LogP contribution < -0.4 is 10.5 Å². The van der Waals surface area contributed by atoms with Gasteiger partial charge in [-0.3, -0.25) is 9.89 Å². The molecule has 1 saturated heterocycles. The van der Waals surface area contributed by atoms with Crippen molar-refractivity contribution in [3.05, 3.63) is 57.3 Å². The van der Waals surface area contributed by atoms with Crippen LogP contribution in [-0.4, -0.2) is 32.8 Å². The lowest BCUT2D eigenvalue weighted by Gasteiger charge is -2.16. The summed E-state index contributed by atoms with van der Waals surface area (Å²) in [6, 6.07) is 5.57. The first-order valence-electron chi connectivity index (χ1n) is 8.39. The zero-order chi connectivity index (χ0) is 18.3. The smallest absolute Gasteiger partial charge is 0.271 e. The average molecular weight is 374 g/mol. The maximum Gasteiger partial charge on any atom is 0.271 e. The molecule has 0 atom stereocenters. The van der Waals surface area contributed by atoms with Crippen LogP contribution in [0.2, 0.25) is 5.02 Å². The predicted octanol–water partition coefficient (Wildman–Crippen LogP) is 3.32. The minimum atomic E-state index is -0.578. The van der Waals surface area contributed by atoms with Gasteiger partial charge in [-0.1, -0.05) is 11.6 Å². The Morgan fingerprint density at radius 3 is 2.69 bits per heavy atom. The number of rotatable bonds is 3. The molecular weight excluding hydrogens is 357 g/mol. The second kappa shape index (κ2) is 6.57. The SMILES string of the molecule is Cc1nc(N2CCCC2)ncc1-c1cc(=O)n(-c2ccc(Cl)cc2F)[nH]1. The molecule has 1 aromatic carbocycles. The molecule has 0 radical (unpaired) electrons. The third-order valence-electron chi connectivity index (χ3n) is 4.52. The zero-order valence-electron chi connectivity index (χ0n) is 14.2. The van der Waals surface area contributed by atoms with Crippen LogP contribution >= 0.6 is 11.6 Å². The summed E-state index contributed by atoms with van der Waals surface area (Å²) in [4.78, 5) is 23.5. The molecule has 3 heterocycles. The third kappa shape index (κ3) is 2.99. The molecule has 4 rings (SSSR count). The molecule has 6 nitrogen and oxygen atoms in total. The summed E-state index contributed by atoms with van der Waals surface area (Å²) in [5.41, 5.74) is 1.74. The van der Waals surface area contributed by atoms with E-state index in [0.29, 0.717) is 17.2 Å². The standard InChI is InChI=1S/C18H17ClFN5O/c1-11-13(10-21-18(22-11)24-6-2-3-7-24)15-9-17(26)25(23-15)16-5-4-12(19)8-14(16)20/h4-5,8-10,23H,2-3,6-7H2,1H3. The number of anilines is 1. The van der Waals surface area contributed by atoms with Gasteiger partial charge in [-0.05, 0) is 38.0 Å². The van der Waals surface area contributed by atoms with E-state index in [9.17, 15) is 9.18 Å². The van der Waals surface area contributed by atoms with Gasteiger partial charge in [0, 0.05) is 35.9 Å². The van der Waals surface area contributed by atoms with E-state index in [0.717, 1.165) is 36.3 Å². The number of halogens is 2. The molecular formula is C18H17ClFN5O. The van der Waals surface area contributed by atoms with Gasteiger partial charge in [0.25, 0.3) is 5.56 Å². The number of hydrogen-bond acceptors (Lipinski definition) is 4. The number of H-pyrrole nitrogens is 1. The fraction of sp³-hybridized carbons (Fsp3) is 0.278. The van der Waals surface area contributed by atoms with Gasteiger partial charge in [-0.15, -0.1) is 0 Å². The Labute approximate surface area is 154 Å². The highest BCUT2D eigenvalue weighted by atomic mass is 35.5. The molecule has 26 heavy (non-hydrogen) atoms. The van der Waals surface area contributed by atoms with Crippen molar-refractivity contribution in [2.45, 2.75) is 19.8 Å². The first-order chi connectivity index (χ1) is 12.5. The molecule has 0 bridgehead atoms. The summed E-state index contributed by atoms with van der Waals surface area (Å²) in [5, 5.41) is 3.20. The van der Waals surface area contributed by atoms with Gasteiger partial charge < -0.3 is 4.90 Å². The Morgan fingerprint density at radius 1 is 1.23 bits per heavy atom. The van der Waals surface area contributed by atoms with Crippen molar-refractivity contribution in [1.29, 1.82) is 0 Å². The molecule has 3 aromatic rings. The molecule has 1 aliphatic rings. The van der Waals surface area contributed by atoms with E-state index < -0.39 is 5.82 Å². The number of nitrogens with zero attached hydrogens (tertiary/aromatic N) is 4. The van der Waals surface area contributed by atoms with E-state index in [1.807, 2.05) is 6.92 Å². The summed E-state index contributed by atoms with van der Waals surface area (Å²) >= 11 is 5.78. The van der Waals surface area contributed by atoms with Crippen molar-refractivity contribution in [2.24, 2.45) is 0 Å². The molecule has 1 N–H and O–H groups in total. The molecule has 0 amide bonds. The van der Waals surface area contributed by atoms with Gasteiger partial charge in [0.1, 0.15) is 11.5 Å². The quantitative estimate of drug-likeness (QED) is 0.764. The lowest BCUT2D eigenvalue weighted by atomic mass is 10.2. The van der Waals surface area contributed by atoms with Crippen molar-refractivity contribution in [1.82, 2.24) is 19.7 Å². The van der Waals surface area contributed by atoms with E-state index in [4.69, 9.17) is 11.6 Å². The first kappa shape index (κ1) is 16.8. The minimum absolute atomic E-state index is 0.109. The van der Waals surface area contributed by atoms with Crippen LogP contribution in [-0.2, 0) is 0 Å². The Bertz CT molecular complexity index is 1020. The first-order valence-corrected chi connectivity index (χ1v) is 8.77. The number of aromatic nitrogens is 4. The van der Waals surface area contributed by atoms with Gasteiger partial charge in [0.05, 0.1) is 11.4 Å². The molecule has 1 aliphatic heterocycles. The highest BCUT2D eigenvalue weighted by molar-refractivity contribution is 6.30. The molecule has 1 fully saturated rings. The predicted molar refractivity (Wildman–Crippen MR) is 98.6 cm³/mol. The Morgan fingerprint density at radius 2 is 2.00 bits per heavy atom. The summed E-state index contributed by atoms with van der Waals surface area (Å²) in [6.07, 6.45) is 3.99. The monoisotopic (exact) mass is 373 g/mol.